The molecule has 1 saturated carbocycles. The first-order chi connectivity index (χ1) is 19.5. The van der Waals surface area contributed by atoms with Crippen molar-refractivity contribution in [2.45, 2.75) is 68.7 Å². The van der Waals surface area contributed by atoms with Crippen molar-refractivity contribution in [3.63, 3.8) is 0 Å². The number of halogens is 4. The maximum Gasteiger partial charge on any atom is 0.410 e. The Kier molecular flexibility index (Phi) is 9.74. The molecule has 11 nitrogen and oxygen atoms in total. The maximum atomic E-state index is 13.6. The summed E-state index contributed by atoms with van der Waals surface area (Å²) < 4.78 is 49.9. The van der Waals surface area contributed by atoms with Gasteiger partial charge in [-0.05, 0) is 55.7 Å². The van der Waals surface area contributed by atoms with Crippen molar-refractivity contribution in [2.75, 3.05) is 25.6 Å². The van der Waals surface area contributed by atoms with Crippen molar-refractivity contribution in [2.24, 2.45) is 5.92 Å². The summed E-state index contributed by atoms with van der Waals surface area (Å²) in [6.07, 6.45) is 1.06. The van der Waals surface area contributed by atoms with Gasteiger partial charge in [0.1, 0.15) is 29.7 Å². The van der Waals surface area contributed by atoms with Crippen molar-refractivity contribution in [1.29, 1.82) is 0 Å². The summed E-state index contributed by atoms with van der Waals surface area (Å²) >= 11 is 6.27. The smallest absolute Gasteiger partial charge is 0.382 e. The molecule has 3 N–H and O–H groups in total. The summed E-state index contributed by atoms with van der Waals surface area (Å²) in [6, 6.07) is -1.69. The molecule has 2 aromatic rings. The van der Waals surface area contributed by atoms with Crippen LogP contribution in [0.3, 0.4) is 0 Å². The van der Waals surface area contributed by atoms with Gasteiger partial charge in [-0.2, -0.15) is 13.2 Å². The van der Waals surface area contributed by atoms with Gasteiger partial charge in [-0.15, -0.1) is 11.6 Å². The predicted octanol–water partition coefficient (Wildman–Crippen LogP) is 3.81. The van der Waals surface area contributed by atoms with Gasteiger partial charge < -0.3 is 30.1 Å². The highest BCUT2D eigenvalue weighted by Gasteiger charge is 2.48. The number of rotatable bonds is 10. The highest BCUT2D eigenvalue weighted by atomic mass is 35.5. The van der Waals surface area contributed by atoms with E-state index in [1.807, 2.05) is 12.2 Å². The van der Waals surface area contributed by atoms with E-state index in [1.165, 1.54) is 31.7 Å². The highest BCUT2D eigenvalue weighted by Crippen LogP contribution is 2.32. The van der Waals surface area contributed by atoms with Gasteiger partial charge in [0.25, 0.3) is 5.91 Å². The predicted molar refractivity (Wildman–Crippen MR) is 141 cm³/mol. The molecule has 0 bridgehead atoms. The minimum Gasteiger partial charge on any atom is -0.382 e. The van der Waals surface area contributed by atoms with Crippen LogP contribution >= 0.6 is 11.6 Å². The van der Waals surface area contributed by atoms with Gasteiger partial charge in [-0.3, -0.25) is 9.59 Å². The van der Waals surface area contributed by atoms with E-state index in [9.17, 15) is 27.6 Å². The van der Waals surface area contributed by atoms with E-state index in [2.05, 4.69) is 20.8 Å². The summed E-state index contributed by atoms with van der Waals surface area (Å²) in [6.45, 7) is 1.14. The molecule has 3 heterocycles. The average Bonchev–Trinajstić information content (AvgIpc) is 3.57. The summed E-state index contributed by atoms with van der Waals surface area (Å²) in [5, 5.41) is 11.3. The quantitative estimate of drug-likeness (QED) is 0.353. The zero-order valence-electron chi connectivity index (χ0n) is 22.5. The van der Waals surface area contributed by atoms with Crippen LogP contribution < -0.4 is 16.0 Å². The molecule has 1 aliphatic heterocycles. The monoisotopic (exact) mass is 600 g/mol. The van der Waals surface area contributed by atoms with Gasteiger partial charge in [0.2, 0.25) is 5.91 Å². The number of urea groups is 1. The number of carbonyl (C=O) groups is 3. The molecular weight excluding hydrogens is 569 g/mol. The standard InChI is InChI=1S/C26H32ClF3N6O5/c1-3-18-17(12-41-35-18)23(37)34-22(14-4-6-16(27)7-5-14)24(38)33-21-10-15(8-9-31-21)19(13-40-2)36-11-20(26(28,29)30)32-25(36)39/h8-10,12,14,16,19-20,22H,3-7,11,13H2,1-2H3,(H,32,39)(H,34,37)(H,31,33,38)/t14?,16?,19-,20+,22-/m1/s1. The van der Waals surface area contributed by atoms with E-state index in [-0.39, 0.29) is 29.3 Å². The van der Waals surface area contributed by atoms with E-state index < -0.39 is 48.7 Å². The van der Waals surface area contributed by atoms with Crippen LogP contribution in [0.5, 0.6) is 0 Å². The van der Waals surface area contributed by atoms with Crippen molar-refractivity contribution >= 4 is 35.3 Å². The molecular formula is C26H32ClF3N6O5. The van der Waals surface area contributed by atoms with E-state index in [0.717, 1.165) is 4.90 Å². The Morgan fingerprint density at radius 1 is 1.29 bits per heavy atom. The second-order valence-electron chi connectivity index (χ2n) is 10.1. The van der Waals surface area contributed by atoms with Crippen LogP contribution in [-0.4, -0.2) is 76.8 Å². The van der Waals surface area contributed by atoms with Crippen LogP contribution in [0.1, 0.15) is 60.3 Å². The Morgan fingerprint density at radius 2 is 2.02 bits per heavy atom. The first kappa shape index (κ1) is 30.6. The van der Waals surface area contributed by atoms with Crippen LogP contribution in [0, 0.1) is 5.92 Å². The number of pyridine rings is 1. The van der Waals surface area contributed by atoms with Gasteiger partial charge in [0.15, 0.2) is 0 Å². The number of ether oxygens (including phenoxy) is 1. The molecule has 1 aliphatic carbocycles. The van der Waals surface area contributed by atoms with Crippen molar-refractivity contribution in [3.8, 4) is 0 Å². The van der Waals surface area contributed by atoms with E-state index in [4.69, 9.17) is 20.9 Å². The Labute approximate surface area is 239 Å². The maximum absolute atomic E-state index is 13.6. The first-order valence-corrected chi connectivity index (χ1v) is 13.7. The van der Waals surface area contributed by atoms with E-state index in [0.29, 0.717) is 43.4 Å². The molecule has 0 unspecified atom stereocenters. The third kappa shape index (κ3) is 7.28. The minimum absolute atomic E-state index is 0.00812. The largest absolute Gasteiger partial charge is 0.410 e. The van der Waals surface area contributed by atoms with Crippen LogP contribution in [-0.2, 0) is 16.0 Å². The van der Waals surface area contributed by atoms with Gasteiger partial charge in [0, 0.05) is 18.7 Å². The van der Waals surface area contributed by atoms with Gasteiger partial charge in [0.05, 0.1) is 24.9 Å². The molecule has 2 aromatic heterocycles. The van der Waals surface area contributed by atoms with E-state index in [1.54, 1.807) is 0 Å². The number of hydrogen-bond acceptors (Lipinski definition) is 7. The second-order valence-corrected chi connectivity index (χ2v) is 10.7. The molecule has 1 saturated heterocycles. The zero-order chi connectivity index (χ0) is 29.7. The third-order valence-electron chi connectivity index (χ3n) is 7.42. The van der Waals surface area contributed by atoms with Crippen molar-refractivity contribution in [1.82, 2.24) is 25.7 Å². The lowest BCUT2D eigenvalue weighted by Crippen LogP contribution is -2.49. The molecule has 15 heteroatoms. The lowest BCUT2D eigenvalue weighted by molar-refractivity contribution is -0.150. The molecule has 0 aromatic carbocycles. The van der Waals surface area contributed by atoms with Gasteiger partial charge >= 0.3 is 12.2 Å². The SMILES string of the molecule is CCc1nocc1C(=O)N[C@@H](C(=O)Nc1cc([C@@H](COC)N2C[C@@H](C(F)(F)F)NC2=O)ccn1)C1CCC(Cl)CC1. The highest BCUT2D eigenvalue weighted by molar-refractivity contribution is 6.20. The normalized spacial score (nSPS) is 22.6. The van der Waals surface area contributed by atoms with Crippen molar-refractivity contribution in [3.05, 3.63) is 41.4 Å². The summed E-state index contributed by atoms with van der Waals surface area (Å²) in [5.41, 5.74) is 1.11. The topological polar surface area (TPSA) is 139 Å². The number of aryl methyl sites for hydroxylation is 1. The fourth-order valence-corrected chi connectivity index (χ4v) is 5.44. The van der Waals surface area contributed by atoms with Gasteiger partial charge in [-0.1, -0.05) is 12.1 Å². The summed E-state index contributed by atoms with van der Waals surface area (Å²) in [5.74, 6) is -1.12. The molecule has 0 spiro atoms. The molecule has 2 fully saturated rings. The van der Waals surface area contributed by atoms with Gasteiger partial charge in [-0.25, -0.2) is 9.78 Å². The molecule has 41 heavy (non-hydrogen) atoms. The number of aromatic nitrogens is 2. The molecule has 2 aliphatic rings. The number of carbonyl (C=O) groups excluding carboxylic acids is 3. The lowest BCUT2D eigenvalue weighted by atomic mass is 9.83. The minimum atomic E-state index is -4.61. The Bertz CT molecular complexity index is 1240. The zero-order valence-corrected chi connectivity index (χ0v) is 23.3. The van der Waals surface area contributed by atoms with E-state index >= 15 is 0 Å². The van der Waals surface area contributed by atoms with Crippen LogP contribution in [0.2, 0.25) is 0 Å². The average molecular weight is 601 g/mol. The van der Waals surface area contributed by atoms with Crippen molar-refractivity contribution < 1.29 is 36.8 Å². The summed E-state index contributed by atoms with van der Waals surface area (Å²) in [7, 11) is 1.37. The molecule has 4 rings (SSSR count). The summed E-state index contributed by atoms with van der Waals surface area (Å²) in [4.78, 5) is 44.3. The molecule has 0 radical (unpaired) electrons. The Balaban J connectivity index is 1.54. The fourth-order valence-electron chi connectivity index (χ4n) is 5.19. The van der Waals surface area contributed by atoms with Crippen LogP contribution in [0.25, 0.3) is 0 Å². The first-order valence-electron chi connectivity index (χ1n) is 13.3. The third-order valence-corrected chi connectivity index (χ3v) is 7.86. The number of alkyl halides is 4. The number of amides is 4. The number of hydrogen-bond donors (Lipinski definition) is 3. The number of nitrogens with zero attached hydrogens (tertiary/aromatic N) is 3. The number of nitrogens with one attached hydrogen (secondary N) is 3. The second kappa shape index (κ2) is 13.1. The van der Waals surface area contributed by atoms with Crippen LogP contribution in [0.4, 0.5) is 23.8 Å². The number of anilines is 1. The fraction of sp³-hybridized carbons (Fsp3) is 0.577. The Morgan fingerprint density at radius 3 is 2.66 bits per heavy atom. The molecule has 3 atom stereocenters. The number of methoxy groups -OCH3 is 1. The lowest BCUT2D eigenvalue weighted by Gasteiger charge is -2.31. The Hall–Kier alpha value is -3.39. The van der Waals surface area contributed by atoms with Crippen LogP contribution in [0.15, 0.2) is 29.1 Å². The molecule has 224 valence electrons. The molecule has 4 amide bonds.